The maximum absolute atomic E-state index is 12.0. The lowest BCUT2D eigenvalue weighted by atomic mass is 9.97. The number of hydrogen-bond acceptors (Lipinski definition) is 4. The van der Waals surface area contributed by atoms with Gasteiger partial charge >= 0.3 is 11.8 Å². The summed E-state index contributed by atoms with van der Waals surface area (Å²) in [6, 6.07) is 20.3. The predicted molar refractivity (Wildman–Crippen MR) is 103 cm³/mol. The molecule has 0 radical (unpaired) electrons. The van der Waals surface area contributed by atoms with Crippen LogP contribution in [0.2, 0.25) is 10.0 Å². The molecule has 0 atom stereocenters. The van der Waals surface area contributed by atoms with Crippen molar-refractivity contribution in [2.45, 2.75) is 5.79 Å². The molecule has 0 aliphatic carbocycles. The van der Waals surface area contributed by atoms with Gasteiger partial charge in [-0.2, -0.15) is 0 Å². The zero-order valence-electron chi connectivity index (χ0n) is 14.2. The third-order valence-electron chi connectivity index (χ3n) is 4.33. The second-order valence-corrected chi connectivity index (χ2v) is 6.71. The molecule has 0 unspecified atom stereocenters. The van der Waals surface area contributed by atoms with Crippen LogP contribution in [0.1, 0.15) is 21.5 Å². The molecule has 27 heavy (non-hydrogen) atoms. The smallest absolute Gasteiger partial charge is 0.339 e. The highest BCUT2D eigenvalue weighted by atomic mass is 35.5. The van der Waals surface area contributed by atoms with Crippen LogP contribution in [0.5, 0.6) is 11.5 Å². The number of hydrogen-bond donors (Lipinski definition) is 0. The third-order valence-corrected chi connectivity index (χ3v) is 4.99. The Hall–Kier alpha value is -2.69. The summed E-state index contributed by atoms with van der Waals surface area (Å²) in [6.07, 6.45) is 0. The van der Waals surface area contributed by atoms with E-state index in [0.29, 0.717) is 0 Å². The van der Waals surface area contributed by atoms with E-state index in [1.165, 1.54) is 13.2 Å². The molecule has 0 saturated carbocycles. The highest BCUT2D eigenvalue weighted by Gasteiger charge is 2.48. The molecule has 136 valence electrons. The SMILES string of the molecule is COC(=O)c1cc(Cl)c2c(c1Cl)OC(c1ccccc1)(c1ccccc1)O2. The van der Waals surface area contributed by atoms with E-state index in [-0.39, 0.29) is 27.1 Å². The van der Waals surface area contributed by atoms with E-state index in [0.717, 1.165) is 11.1 Å². The monoisotopic (exact) mass is 400 g/mol. The number of carbonyl (C=O) groups excluding carboxylic acids is 1. The highest BCUT2D eigenvalue weighted by molar-refractivity contribution is 6.38. The topological polar surface area (TPSA) is 44.8 Å². The summed E-state index contributed by atoms with van der Waals surface area (Å²) in [5, 5.41) is 0.304. The van der Waals surface area contributed by atoms with E-state index in [1.807, 2.05) is 60.7 Å². The molecule has 0 amide bonds. The fourth-order valence-corrected chi connectivity index (χ4v) is 3.55. The van der Waals surface area contributed by atoms with Crippen molar-refractivity contribution in [3.8, 4) is 11.5 Å². The van der Waals surface area contributed by atoms with Gasteiger partial charge in [0.15, 0.2) is 11.5 Å². The lowest BCUT2D eigenvalue weighted by molar-refractivity contribution is -0.0458. The number of halogens is 2. The first-order valence-corrected chi connectivity index (χ1v) is 8.92. The summed E-state index contributed by atoms with van der Waals surface area (Å²) in [5.74, 6) is -1.39. The summed E-state index contributed by atoms with van der Waals surface area (Å²) in [7, 11) is 1.27. The molecule has 3 aromatic carbocycles. The Kier molecular flexibility index (Phi) is 4.46. The summed E-state index contributed by atoms with van der Waals surface area (Å²) >= 11 is 12.8. The number of carbonyl (C=O) groups is 1. The van der Waals surface area contributed by atoms with Crippen LogP contribution in [0.15, 0.2) is 66.7 Å². The van der Waals surface area contributed by atoms with Crippen molar-refractivity contribution in [3.05, 3.63) is 93.5 Å². The first kappa shape index (κ1) is 17.7. The van der Waals surface area contributed by atoms with Crippen molar-refractivity contribution >= 4 is 29.2 Å². The number of fused-ring (bicyclic) bond motifs is 1. The van der Waals surface area contributed by atoms with Gasteiger partial charge in [-0.15, -0.1) is 0 Å². The Morgan fingerprint density at radius 2 is 1.41 bits per heavy atom. The molecule has 3 aromatic rings. The van der Waals surface area contributed by atoms with Gasteiger partial charge in [0, 0.05) is 11.1 Å². The van der Waals surface area contributed by atoms with Crippen LogP contribution in [0, 0.1) is 0 Å². The molecule has 0 aromatic heterocycles. The van der Waals surface area contributed by atoms with E-state index in [9.17, 15) is 4.79 Å². The fourth-order valence-electron chi connectivity index (χ4n) is 3.06. The minimum atomic E-state index is -1.27. The van der Waals surface area contributed by atoms with Crippen LogP contribution >= 0.6 is 23.2 Å². The lowest BCUT2D eigenvalue weighted by Gasteiger charge is -2.28. The molecule has 0 saturated heterocycles. The van der Waals surface area contributed by atoms with Gasteiger partial charge in [0.25, 0.3) is 0 Å². The zero-order valence-corrected chi connectivity index (χ0v) is 15.8. The number of ether oxygens (including phenoxy) is 3. The van der Waals surface area contributed by atoms with E-state index in [2.05, 4.69) is 0 Å². The first-order valence-electron chi connectivity index (χ1n) is 8.16. The Balaban J connectivity index is 1.93. The molecule has 1 aliphatic rings. The quantitative estimate of drug-likeness (QED) is 0.548. The summed E-state index contributed by atoms with van der Waals surface area (Å²) in [5.41, 5.74) is 1.64. The van der Waals surface area contributed by atoms with Crippen molar-refractivity contribution in [2.24, 2.45) is 0 Å². The second kappa shape index (κ2) is 6.80. The normalized spacial score (nSPS) is 14.0. The number of methoxy groups -OCH3 is 1. The second-order valence-electron chi connectivity index (χ2n) is 5.92. The maximum Gasteiger partial charge on any atom is 0.339 e. The van der Waals surface area contributed by atoms with E-state index >= 15 is 0 Å². The van der Waals surface area contributed by atoms with Gasteiger partial charge in [-0.25, -0.2) is 4.79 Å². The minimum absolute atomic E-state index is 0.0926. The van der Waals surface area contributed by atoms with Crippen LogP contribution < -0.4 is 9.47 Å². The summed E-state index contributed by atoms with van der Waals surface area (Å²) in [6.45, 7) is 0. The molecule has 0 N–H and O–H groups in total. The Labute approximate surface area is 166 Å². The third kappa shape index (κ3) is 2.82. The molecule has 6 heteroatoms. The number of rotatable bonds is 3. The molecular formula is C21H14Cl2O4. The van der Waals surface area contributed by atoms with Gasteiger partial charge in [-0.05, 0) is 6.07 Å². The number of benzene rings is 3. The average molecular weight is 401 g/mol. The first-order chi connectivity index (χ1) is 13.1. The minimum Gasteiger partial charge on any atom is -0.465 e. The number of esters is 1. The summed E-state index contributed by atoms with van der Waals surface area (Å²) in [4.78, 5) is 12.0. The molecule has 4 nitrogen and oxygen atoms in total. The standard InChI is InChI=1S/C21H14Cl2O4/c1-25-20(24)15-12-16(22)18-19(17(15)23)27-21(26-18,13-8-4-2-5-9-13)14-10-6-3-7-11-14/h2-12H,1H3. The van der Waals surface area contributed by atoms with Gasteiger partial charge < -0.3 is 14.2 Å². The van der Waals surface area contributed by atoms with E-state index in [1.54, 1.807) is 0 Å². The largest absolute Gasteiger partial charge is 0.465 e. The van der Waals surface area contributed by atoms with Crippen molar-refractivity contribution in [1.29, 1.82) is 0 Å². The van der Waals surface area contributed by atoms with Crippen molar-refractivity contribution in [3.63, 3.8) is 0 Å². The fraction of sp³-hybridized carbons (Fsp3) is 0.0952. The van der Waals surface area contributed by atoms with Gasteiger partial charge in [0.1, 0.15) is 5.02 Å². The summed E-state index contributed by atoms with van der Waals surface area (Å²) < 4.78 is 17.3. The Morgan fingerprint density at radius 3 is 1.93 bits per heavy atom. The van der Waals surface area contributed by atoms with Crippen molar-refractivity contribution < 1.29 is 19.0 Å². The van der Waals surface area contributed by atoms with E-state index in [4.69, 9.17) is 37.4 Å². The van der Waals surface area contributed by atoms with Crippen LogP contribution in [0.25, 0.3) is 0 Å². The Bertz CT molecular complexity index is 964. The molecule has 1 aliphatic heterocycles. The van der Waals surface area contributed by atoms with Gasteiger partial charge in [0.2, 0.25) is 0 Å². The van der Waals surface area contributed by atoms with Gasteiger partial charge in [-0.3, -0.25) is 0 Å². The predicted octanol–water partition coefficient (Wildman–Crippen LogP) is 5.45. The lowest BCUT2D eigenvalue weighted by Crippen LogP contribution is -2.36. The van der Waals surface area contributed by atoms with Gasteiger partial charge in [-0.1, -0.05) is 83.9 Å². The zero-order chi connectivity index (χ0) is 19.0. The van der Waals surface area contributed by atoms with Crippen LogP contribution in [0.4, 0.5) is 0 Å². The van der Waals surface area contributed by atoms with Crippen LogP contribution in [0.3, 0.4) is 0 Å². The maximum atomic E-state index is 12.0. The Morgan fingerprint density at radius 1 is 0.889 bits per heavy atom. The highest BCUT2D eigenvalue weighted by Crippen LogP contribution is 2.54. The molecule has 0 spiro atoms. The molecule has 0 fully saturated rings. The average Bonchev–Trinajstić information content (AvgIpc) is 3.14. The van der Waals surface area contributed by atoms with Crippen LogP contribution in [-0.2, 0) is 10.5 Å². The van der Waals surface area contributed by atoms with Crippen molar-refractivity contribution in [1.82, 2.24) is 0 Å². The van der Waals surface area contributed by atoms with Crippen molar-refractivity contribution in [2.75, 3.05) is 7.11 Å². The van der Waals surface area contributed by atoms with Gasteiger partial charge in [0.05, 0.1) is 17.7 Å². The molecule has 0 bridgehead atoms. The molecular weight excluding hydrogens is 387 g/mol. The molecule has 4 rings (SSSR count). The van der Waals surface area contributed by atoms with E-state index < -0.39 is 11.8 Å². The molecule has 1 heterocycles. The van der Waals surface area contributed by atoms with Crippen LogP contribution in [-0.4, -0.2) is 13.1 Å².